The summed E-state index contributed by atoms with van der Waals surface area (Å²) in [5, 5.41) is 7.56. The average Bonchev–Trinajstić information content (AvgIpc) is 3.62. The lowest BCUT2D eigenvalue weighted by atomic mass is 10.1. The Bertz CT molecular complexity index is 1430. The minimum Gasteiger partial charge on any atom is -0.481 e. The molecule has 2 aromatic rings. The molecule has 4 rings (SSSR count). The molecule has 0 radical (unpaired) electrons. The number of nitrogen functional groups attached to an aromatic ring is 1. The summed E-state index contributed by atoms with van der Waals surface area (Å²) in [6.07, 6.45) is -8.45. The van der Waals surface area contributed by atoms with Crippen LogP contribution in [0.1, 0.15) is 45.2 Å². The topological polar surface area (TPSA) is 116 Å². The molecule has 2 unspecified atom stereocenters. The molecule has 2 aromatic carbocycles. The summed E-state index contributed by atoms with van der Waals surface area (Å²) < 4.78 is 72.3. The molecule has 1 amide bonds. The largest absolute Gasteiger partial charge is 0.481 e. The van der Waals surface area contributed by atoms with Crippen LogP contribution >= 0.6 is 92.8 Å². The number of hydrogen-bond acceptors (Lipinski definition) is 5. The summed E-state index contributed by atoms with van der Waals surface area (Å²) in [6.45, 7) is 3.09. The molecular weight excluding hydrogens is 802 g/mol. The van der Waals surface area contributed by atoms with Gasteiger partial charge in [0.05, 0.1) is 48.0 Å². The number of nitrogens with two attached hydrogens (primary N) is 1. The van der Waals surface area contributed by atoms with Gasteiger partial charge in [-0.3, -0.25) is 26.3 Å². The van der Waals surface area contributed by atoms with E-state index in [1.54, 1.807) is 6.92 Å². The second-order valence-corrected chi connectivity index (χ2v) is 14.7. The van der Waals surface area contributed by atoms with Crippen molar-refractivity contribution >= 4 is 116 Å². The van der Waals surface area contributed by atoms with Crippen molar-refractivity contribution in [1.82, 2.24) is 5.43 Å². The van der Waals surface area contributed by atoms with Crippen LogP contribution in [0, 0.1) is 10.8 Å². The second-order valence-electron chi connectivity index (χ2n) is 10.1. The highest BCUT2D eigenvalue weighted by atomic mass is 35.5. The number of halogens is 14. The van der Waals surface area contributed by atoms with Crippen molar-refractivity contribution < 1.29 is 41.0 Å². The molecule has 0 bridgehead atoms. The van der Waals surface area contributed by atoms with Gasteiger partial charge < -0.3 is 10.5 Å². The van der Waals surface area contributed by atoms with Gasteiger partial charge in [0, 0.05) is 6.42 Å². The molecule has 0 aliphatic heterocycles. The third-order valence-electron chi connectivity index (χ3n) is 6.67. The number of carboxylic acid groups (broad SMARTS) is 1. The van der Waals surface area contributed by atoms with E-state index in [4.69, 9.17) is 104 Å². The predicted molar refractivity (Wildman–Crippen MR) is 171 cm³/mol. The van der Waals surface area contributed by atoms with Gasteiger partial charge in [-0.2, -0.15) is 26.3 Å². The first kappa shape index (κ1) is 42.9. The molecule has 0 aromatic heterocycles. The van der Waals surface area contributed by atoms with Crippen LogP contribution in [0.25, 0.3) is 0 Å². The van der Waals surface area contributed by atoms with Crippen molar-refractivity contribution in [2.45, 2.75) is 55.1 Å². The van der Waals surface area contributed by atoms with E-state index in [1.807, 2.05) is 0 Å². The number of carboxylic acids is 1. The monoisotopic (exact) mass is 822 g/mol. The smallest absolute Gasteiger partial charge is 0.416 e. The van der Waals surface area contributed by atoms with E-state index >= 15 is 0 Å². The Labute approximate surface area is 299 Å². The quantitative estimate of drug-likeness (QED) is 0.0887. The number of amides is 1. The zero-order valence-electron chi connectivity index (χ0n) is 22.4. The van der Waals surface area contributed by atoms with Gasteiger partial charge in [0.15, 0.2) is 0 Å². The summed E-state index contributed by atoms with van der Waals surface area (Å²) >= 11 is 45.3. The number of hydrogen-bond donors (Lipinski definition) is 5. The molecule has 0 spiro atoms. The number of carbonyl (C=O) groups excluding carboxylic acids is 1. The van der Waals surface area contributed by atoms with Crippen LogP contribution < -0.4 is 22.1 Å². The van der Waals surface area contributed by atoms with Crippen molar-refractivity contribution in [1.29, 1.82) is 0 Å². The van der Waals surface area contributed by atoms with Crippen molar-refractivity contribution in [3.05, 3.63) is 55.5 Å². The van der Waals surface area contributed by atoms with Crippen molar-refractivity contribution in [2.24, 2.45) is 16.7 Å². The van der Waals surface area contributed by atoms with E-state index in [9.17, 15) is 35.9 Å². The van der Waals surface area contributed by atoms with Crippen LogP contribution in [-0.4, -0.2) is 25.6 Å². The molecule has 46 heavy (non-hydrogen) atoms. The molecule has 0 saturated heterocycles. The number of alkyl halides is 10. The molecule has 2 atom stereocenters. The summed E-state index contributed by atoms with van der Waals surface area (Å²) in [5.74, 6) is 3.56. The zero-order valence-corrected chi connectivity index (χ0v) is 28.4. The molecule has 2 fully saturated rings. The Morgan fingerprint density at radius 2 is 1.04 bits per heavy atom. The van der Waals surface area contributed by atoms with Gasteiger partial charge in [0.2, 0.25) is 5.91 Å². The molecular formula is C25H24Cl8F6N4O3. The molecule has 21 heteroatoms. The van der Waals surface area contributed by atoms with Gasteiger partial charge in [0.25, 0.3) is 0 Å². The SMILES string of the molecule is C.CC1(C(=O)NNc2c(Cl)cc(C(F)(F)F)cc2Cl)CC1(Cl)Cl.CC1(C(=O)O)CC1(Cl)Cl.NNc1c(Cl)cc(C(F)(F)F)cc1Cl. The van der Waals surface area contributed by atoms with Crippen molar-refractivity contribution in [3.8, 4) is 0 Å². The van der Waals surface area contributed by atoms with Gasteiger partial charge >= 0.3 is 18.3 Å². The number of carbonyl (C=O) groups is 2. The van der Waals surface area contributed by atoms with Crippen LogP contribution in [-0.2, 0) is 21.9 Å². The van der Waals surface area contributed by atoms with E-state index in [-0.39, 0.29) is 45.3 Å². The summed E-state index contributed by atoms with van der Waals surface area (Å²) in [6, 6.07) is 2.91. The number of anilines is 2. The number of rotatable bonds is 5. The Morgan fingerprint density at radius 1 is 0.739 bits per heavy atom. The highest BCUT2D eigenvalue weighted by molar-refractivity contribution is 6.53. The third kappa shape index (κ3) is 9.72. The number of aliphatic carboxylic acids is 1. The minimum atomic E-state index is -4.58. The lowest BCUT2D eigenvalue weighted by Crippen LogP contribution is -2.37. The van der Waals surface area contributed by atoms with Crippen molar-refractivity contribution in [3.63, 3.8) is 0 Å². The van der Waals surface area contributed by atoms with Gasteiger partial charge in [-0.1, -0.05) is 53.8 Å². The molecule has 7 nitrogen and oxygen atoms in total. The van der Waals surface area contributed by atoms with Gasteiger partial charge in [0.1, 0.15) is 14.1 Å². The lowest BCUT2D eigenvalue weighted by molar-refractivity contribution is -0.142. The minimum absolute atomic E-state index is 0. The number of nitrogens with one attached hydrogen (secondary N) is 3. The van der Waals surface area contributed by atoms with Crippen LogP contribution in [0.15, 0.2) is 24.3 Å². The van der Waals surface area contributed by atoms with Crippen LogP contribution in [0.4, 0.5) is 37.7 Å². The fraction of sp³-hybridized carbons (Fsp3) is 0.440. The number of benzene rings is 2. The third-order valence-corrected chi connectivity index (χ3v) is 10.1. The predicted octanol–water partition coefficient (Wildman–Crippen LogP) is 10.6. The first-order valence-corrected chi connectivity index (χ1v) is 14.8. The standard InChI is InChI=1S/C12H9Cl4F3N2O.C7H5Cl2F3N2.C5H6Cl2O2.CH4/c1-10(4-11(10,15)16)9(22)21-20-8-6(13)2-5(3-7(8)14)12(17,18)19;8-4-1-3(7(10,11)12)2-5(9)6(4)14-13;1-4(3(8)9)2-5(4,6)7;/h2-3,20H,4H2,1H3,(H,21,22);1-2,14H,13H2;2H2,1H3,(H,8,9);1H4. The Kier molecular flexibility index (Phi) is 13.8. The molecule has 2 aliphatic carbocycles. The normalized spacial score (nSPS) is 22.0. The van der Waals surface area contributed by atoms with Gasteiger partial charge in [-0.25, -0.2) is 0 Å². The van der Waals surface area contributed by atoms with E-state index in [0.29, 0.717) is 18.6 Å². The fourth-order valence-corrected chi connectivity index (χ4v) is 5.85. The fourth-order valence-electron chi connectivity index (χ4n) is 3.27. The number of hydrazine groups is 2. The molecule has 6 N–H and O–H groups in total. The second kappa shape index (κ2) is 14.8. The first-order chi connectivity index (χ1) is 20.1. The highest BCUT2D eigenvalue weighted by Gasteiger charge is 2.69. The van der Waals surface area contributed by atoms with Gasteiger partial charge in [-0.15, -0.1) is 46.4 Å². The first-order valence-electron chi connectivity index (χ1n) is 11.8. The molecule has 260 valence electrons. The molecule has 0 heterocycles. The maximum absolute atomic E-state index is 12.6. The van der Waals surface area contributed by atoms with Crippen LogP contribution in [0.2, 0.25) is 20.1 Å². The summed E-state index contributed by atoms with van der Waals surface area (Å²) in [5.41, 5.74) is 3.01. The Hall–Kier alpha value is -1.16. The highest BCUT2D eigenvalue weighted by Crippen LogP contribution is 2.64. The maximum atomic E-state index is 12.6. The van der Waals surface area contributed by atoms with Crippen LogP contribution in [0.5, 0.6) is 0 Å². The van der Waals surface area contributed by atoms with E-state index in [2.05, 4.69) is 16.3 Å². The van der Waals surface area contributed by atoms with E-state index in [0.717, 1.165) is 12.1 Å². The summed E-state index contributed by atoms with van der Waals surface area (Å²) in [7, 11) is 0. The van der Waals surface area contributed by atoms with Crippen molar-refractivity contribution in [2.75, 3.05) is 10.9 Å². The zero-order chi connectivity index (χ0) is 35.1. The molecule has 2 saturated carbocycles. The molecule has 2 aliphatic rings. The Morgan fingerprint density at radius 3 is 1.26 bits per heavy atom. The average molecular weight is 826 g/mol. The van der Waals surface area contributed by atoms with Crippen LogP contribution in [0.3, 0.4) is 0 Å². The Balaban J connectivity index is 0.000000377. The lowest BCUT2D eigenvalue weighted by Gasteiger charge is -2.17. The van der Waals surface area contributed by atoms with E-state index in [1.165, 1.54) is 6.92 Å². The maximum Gasteiger partial charge on any atom is 0.416 e. The summed E-state index contributed by atoms with van der Waals surface area (Å²) in [4.78, 5) is 22.3. The van der Waals surface area contributed by atoms with E-state index < -0.39 is 54.9 Å². The van der Waals surface area contributed by atoms with Gasteiger partial charge in [-0.05, 0) is 44.5 Å².